The van der Waals surface area contributed by atoms with E-state index in [-0.39, 0.29) is 11.6 Å². The molecule has 92 valence electrons. The summed E-state index contributed by atoms with van der Waals surface area (Å²) >= 11 is 6.01. The Morgan fingerprint density at radius 3 is 2.22 bits per heavy atom. The normalized spacial score (nSPS) is 10.4. The highest BCUT2D eigenvalue weighted by atomic mass is 35.5. The van der Waals surface area contributed by atoms with Crippen molar-refractivity contribution in [2.45, 2.75) is 13.8 Å². The molecule has 2 rings (SSSR count). The Labute approximate surface area is 110 Å². The lowest BCUT2D eigenvalue weighted by atomic mass is 9.95. The third-order valence-corrected chi connectivity index (χ3v) is 3.17. The number of hydrogen-bond acceptors (Lipinski definition) is 1. The molecule has 1 nitrogen and oxygen atoms in total. The molecule has 0 spiro atoms. The third kappa shape index (κ3) is 2.29. The zero-order valence-corrected chi connectivity index (χ0v) is 10.9. The molecule has 0 aromatic heterocycles. The molecule has 0 N–H and O–H groups in total. The highest BCUT2D eigenvalue weighted by Gasteiger charge is 2.17. The van der Waals surface area contributed by atoms with E-state index < -0.39 is 0 Å². The summed E-state index contributed by atoms with van der Waals surface area (Å²) in [5, 5.41) is 0.408. The first-order valence-corrected chi connectivity index (χ1v) is 5.94. The largest absolute Gasteiger partial charge is 0.289 e. The summed E-state index contributed by atoms with van der Waals surface area (Å²) in [7, 11) is 0. The van der Waals surface area contributed by atoms with Gasteiger partial charge in [-0.25, -0.2) is 4.39 Å². The fourth-order valence-electron chi connectivity index (χ4n) is 2.05. The van der Waals surface area contributed by atoms with Crippen LogP contribution >= 0.6 is 11.6 Å². The minimum atomic E-state index is -0.333. The molecule has 0 aliphatic heterocycles. The Hall–Kier alpha value is -1.67. The molecule has 2 aromatic rings. The van der Waals surface area contributed by atoms with E-state index in [0.717, 1.165) is 0 Å². The topological polar surface area (TPSA) is 17.1 Å². The molecule has 18 heavy (non-hydrogen) atoms. The van der Waals surface area contributed by atoms with Crippen molar-refractivity contribution in [3.63, 3.8) is 0 Å². The van der Waals surface area contributed by atoms with Crippen molar-refractivity contribution in [3.8, 4) is 0 Å². The highest BCUT2D eigenvalue weighted by molar-refractivity contribution is 6.35. The molecule has 0 heterocycles. The van der Waals surface area contributed by atoms with Crippen LogP contribution in [0.25, 0.3) is 0 Å². The van der Waals surface area contributed by atoms with Gasteiger partial charge in [0.2, 0.25) is 0 Å². The van der Waals surface area contributed by atoms with Crippen LogP contribution < -0.4 is 0 Å². The number of carbonyl (C=O) groups is 1. The van der Waals surface area contributed by atoms with Crippen molar-refractivity contribution in [1.82, 2.24) is 0 Å². The van der Waals surface area contributed by atoms with Crippen LogP contribution in [0.1, 0.15) is 27.0 Å². The Kier molecular flexibility index (Phi) is 3.48. The van der Waals surface area contributed by atoms with E-state index in [2.05, 4.69) is 0 Å². The first-order valence-electron chi connectivity index (χ1n) is 5.56. The van der Waals surface area contributed by atoms with Crippen LogP contribution in [0.15, 0.2) is 36.4 Å². The van der Waals surface area contributed by atoms with E-state index in [0.29, 0.717) is 27.3 Å². The van der Waals surface area contributed by atoms with Crippen molar-refractivity contribution in [2.75, 3.05) is 0 Å². The Morgan fingerprint density at radius 2 is 1.67 bits per heavy atom. The van der Waals surface area contributed by atoms with E-state index in [1.165, 1.54) is 12.1 Å². The molecular weight excluding hydrogens is 251 g/mol. The number of carbonyl (C=O) groups excluding carboxylic acids is 1. The van der Waals surface area contributed by atoms with Gasteiger partial charge in [0.15, 0.2) is 5.78 Å². The zero-order chi connectivity index (χ0) is 13.3. The average Bonchev–Trinajstić information content (AvgIpc) is 2.27. The van der Waals surface area contributed by atoms with Crippen LogP contribution in [-0.2, 0) is 0 Å². The lowest BCUT2D eigenvalue weighted by molar-refractivity contribution is 0.103. The first kappa shape index (κ1) is 12.8. The number of benzene rings is 2. The second-order valence-electron chi connectivity index (χ2n) is 4.22. The van der Waals surface area contributed by atoms with Gasteiger partial charge in [-0.2, -0.15) is 0 Å². The second-order valence-corrected chi connectivity index (χ2v) is 4.63. The molecule has 0 amide bonds. The first-order chi connectivity index (χ1) is 8.50. The van der Waals surface area contributed by atoms with Gasteiger partial charge in [-0.3, -0.25) is 4.79 Å². The summed E-state index contributed by atoms with van der Waals surface area (Å²) in [6, 6.07) is 9.58. The number of hydrogen-bond donors (Lipinski definition) is 0. The van der Waals surface area contributed by atoms with Gasteiger partial charge in [0.25, 0.3) is 0 Å². The van der Waals surface area contributed by atoms with Gasteiger partial charge in [-0.15, -0.1) is 0 Å². The Morgan fingerprint density at radius 1 is 1.11 bits per heavy atom. The molecule has 0 aliphatic carbocycles. The van der Waals surface area contributed by atoms with Crippen LogP contribution in [0.2, 0.25) is 5.02 Å². The number of halogens is 2. The maximum absolute atomic E-state index is 13.2. The Balaban J connectivity index is 2.57. The highest BCUT2D eigenvalue weighted by Crippen LogP contribution is 2.23. The maximum Gasteiger partial charge on any atom is 0.195 e. The summed E-state index contributed by atoms with van der Waals surface area (Å²) < 4.78 is 13.2. The molecular formula is C15H12ClFO. The van der Waals surface area contributed by atoms with Gasteiger partial charge < -0.3 is 0 Å². The number of ketones is 1. The van der Waals surface area contributed by atoms with Gasteiger partial charge in [0, 0.05) is 11.1 Å². The van der Waals surface area contributed by atoms with Crippen LogP contribution in [-0.4, -0.2) is 5.78 Å². The van der Waals surface area contributed by atoms with Crippen molar-refractivity contribution in [3.05, 3.63) is 69.5 Å². The lowest BCUT2D eigenvalue weighted by Gasteiger charge is -2.10. The second kappa shape index (κ2) is 4.91. The minimum absolute atomic E-state index is 0.171. The van der Waals surface area contributed by atoms with E-state index in [9.17, 15) is 9.18 Å². The van der Waals surface area contributed by atoms with Crippen molar-refractivity contribution < 1.29 is 9.18 Å². The van der Waals surface area contributed by atoms with Crippen LogP contribution in [0, 0.1) is 19.7 Å². The molecule has 0 saturated carbocycles. The van der Waals surface area contributed by atoms with Gasteiger partial charge in [-0.1, -0.05) is 23.7 Å². The van der Waals surface area contributed by atoms with E-state index in [4.69, 9.17) is 11.6 Å². The third-order valence-electron chi connectivity index (χ3n) is 2.84. The maximum atomic E-state index is 13.2. The fraction of sp³-hybridized carbons (Fsp3) is 0.133. The summed E-state index contributed by atoms with van der Waals surface area (Å²) in [6.07, 6.45) is 0. The van der Waals surface area contributed by atoms with Crippen LogP contribution in [0.4, 0.5) is 4.39 Å². The number of rotatable bonds is 2. The van der Waals surface area contributed by atoms with E-state index >= 15 is 0 Å². The minimum Gasteiger partial charge on any atom is -0.289 e. The summed E-state index contributed by atoms with van der Waals surface area (Å²) in [5.74, 6) is -0.503. The molecule has 2 aromatic carbocycles. The van der Waals surface area contributed by atoms with E-state index in [1.807, 2.05) is 0 Å². The summed E-state index contributed by atoms with van der Waals surface area (Å²) in [4.78, 5) is 12.4. The molecule has 0 atom stereocenters. The average molecular weight is 263 g/mol. The predicted octanol–water partition coefficient (Wildman–Crippen LogP) is 4.33. The zero-order valence-electron chi connectivity index (χ0n) is 10.1. The fourth-order valence-corrected chi connectivity index (χ4v) is 2.27. The molecule has 3 heteroatoms. The molecule has 0 aliphatic rings. The smallest absolute Gasteiger partial charge is 0.195 e. The molecule has 0 fully saturated rings. The molecule has 0 saturated heterocycles. The number of aryl methyl sites for hydroxylation is 2. The van der Waals surface area contributed by atoms with Crippen molar-refractivity contribution in [1.29, 1.82) is 0 Å². The molecule has 0 bridgehead atoms. The van der Waals surface area contributed by atoms with Gasteiger partial charge in [0.05, 0.1) is 5.02 Å². The van der Waals surface area contributed by atoms with Crippen LogP contribution in [0.3, 0.4) is 0 Å². The van der Waals surface area contributed by atoms with Gasteiger partial charge >= 0.3 is 0 Å². The predicted molar refractivity (Wildman–Crippen MR) is 70.8 cm³/mol. The van der Waals surface area contributed by atoms with Gasteiger partial charge in [-0.05, 0) is 49.2 Å². The van der Waals surface area contributed by atoms with Crippen molar-refractivity contribution in [2.24, 2.45) is 0 Å². The lowest BCUT2D eigenvalue weighted by Crippen LogP contribution is -2.07. The molecule has 0 unspecified atom stereocenters. The standard InChI is InChI=1S/C15H12ClFO/c1-9-7-11(17)8-10(2)14(9)15(18)12-5-3-4-6-13(12)16/h3-8H,1-2H3. The van der Waals surface area contributed by atoms with Crippen LogP contribution in [0.5, 0.6) is 0 Å². The van der Waals surface area contributed by atoms with E-state index in [1.54, 1.807) is 38.1 Å². The van der Waals surface area contributed by atoms with Gasteiger partial charge in [0.1, 0.15) is 5.82 Å². The monoisotopic (exact) mass is 262 g/mol. The summed E-state index contributed by atoms with van der Waals surface area (Å²) in [5.41, 5.74) is 2.20. The molecule has 0 radical (unpaired) electrons. The summed E-state index contributed by atoms with van der Waals surface area (Å²) in [6.45, 7) is 3.44. The quantitative estimate of drug-likeness (QED) is 0.737. The Bertz CT molecular complexity index is 597. The van der Waals surface area contributed by atoms with Crippen molar-refractivity contribution >= 4 is 17.4 Å². The SMILES string of the molecule is Cc1cc(F)cc(C)c1C(=O)c1ccccc1Cl.